The first kappa shape index (κ1) is 31.8. The topological polar surface area (TPSA) is 228 Å². The molecule has 2 aromatic heterocycles. The Hall–Kier alpha value is -2.19. The molecule has 0 saturated carbocycles. The number of nitrogens with one attached hydrogen (secondary N) is 3. The van der Waals surface area contributed by atoms with Gasteiger partial charge in [-0.05, 0) is 48.9 Å². The van der Waals surface area contributed by atoms with Gasteiger partial charge in [0, 0.05) is 17.7 Å². The largest absolute Gasteiger partial charge is 1.00 e. The van der Waals surface area contributed by atoms with Gasteiger partial charge < -0.3 is 41.3 Å². The van der Waals surface area contributed by atoms with Crippen molar-refractivity contribution in [3.63, 3.8) is 0 Å². The van der Waals surface area contributed by atoms with Crippen LogP contribution in [0.1, 0.15) is 34.3 Å². The number of nitrogen functional groups attached to an aromatic ring is 1. The Balaban J connectivity index is 0.00000363. The van der Waals surface area contributed by atoms with E-state index < -0.39 is 30.3 Å². The third-order valence-electron chi connectivity index (χ3n) is 4.77. The number of aromatic amines is 2. The van der Waals surface area contributed by atoms with Crippen LogP contribution >= 0.6 is 0 Å². The van der Waals surface area contributed by atoms with Crippen LogP contribution in [0.2, 0.25) is 0 Å². The second-order valence-corrected chi connectivity index (χ2v) is 6.94. The molecule has 1 unspecified atom stereocenters. The van der Waals surface area contributed by atoms with Crippen molar-refractivity contribution in [2.45, 2.75) is 31.7 Å². The average molecular weight is 489 g/mol. The van der Waals surface area contributed by atoms with E-state index in [0.717, 1.165) is 11.1 Å². The number of amides is 1. The number of H-pyrrole nitrogens is 2. The molecule has 2 heterocycles. The molecule has 0 saturated heterocycles. The van der Waals surface area contributed by atoms with Crippen molar-refractivity contribution < 1.29 is 89.2 Å². The molecule has 170 valence electrons. The summed E-state index contributed by atoms with van der Waals surface area (Å²) in [5.41, 5.74) is 7.49. The molecule has 0 fully saturated rings. The molecule has 14 heteroatoms. The van der Waals surface area contributed by atoms with Crippen LogP contribution in [0.5, 0.6) is 0 Å². The summed E-state index contributed by atoms with van der Waals surface area (Å²) in [7, 11) is 0. The minimum Gasteiger partial charge on any atom is -0.550 e. The fraction of sp³-hybridized carbons (Fsp3) is 0.250. The van der Waals surface area contributed by atoms with Gasteiger partial charge >= 0.3 is 59.1 Å². The maximum Gasteiger partial charge on any atom is 1.00 e. The molecular weight excluding hydrogens is 468 g/mol. The van der Waals surface area contributed by atoms with E-state index in [1.807, 2.05) is 0 Å². The van der Waals surface area contributed by atoms with Gasteiger partial charge in [0.2, 0.25) is 5.95 Å². The van der Waals surface area contributed by atoms with Gasteiger partial charge in [-0.2, -0.15) is 4.98 Å². The Labute approximate surface area is 237 Å². The first-order chi connectivity index (χ1) is 14.7. The molecule has 3 aromatic rings. The van der Waals surface area contributed by atoms with Crippen LogP contribution in [0.4, 0.5) is 5.95 Å². The van der Waals surface area contributed by atoms with Gasteiger partial charge in [-0.15, -0.1) is 0 Å². The van der Waals surface area contributed by atoms with Gasteiger partial charge in [0.15, 0.2) is 0 Å². The van der Waals surface area contributed by atoms with Crippen molar-refractivity contribution >= 4 is 34.8 Å². The van der Waals surface area contributed by atoms with Crippen LogP contribution in [-0.2, 0) is 22.4 Å². The van der Waals surface area contributed by atoms with Crippen LogP contribution in [-0.4, -0.2) is 44.3 Å². The number of carbonyl (C=O) groups excluding carboxylic acids is 3. The van der Waals surface area contributed by atoms with Crippen LogP contribution < -0.4 is 85.9 Å². The molecule has 0 spiro atoms. The van der Waals surface area contributed by atoms with Gasteiger partial charge in [0.1, 0.15) is 5.65 Å². The molecule has 1 atom stereocenters. The average Bonchev–Trinajstić information content (AvgIpc) is 3.12. The molecule has 0 aliphatic rings. The molecule has 12 nitrogen and oxygen atoms in total. The number of rotatable bonds is 9. The summed E-state index contributed by atoms with van der Waals surface area (Å²) >= 11 is 0. The van der Waals surface area contributed by atoms with Crippen molar-refractivity contribution in [2.75, 3.05) is 5.73 Å². The molecule has 3 rings (SSSR count). The van der Waals surface area contributed by atoms with Crippen LogP contribution in [0, 0.1) is 0 Å². The van der Waals surface area contributed by atoms with Gasteiger partial charge in [0.25, 0.3) is 11.5 Å². The summed E-state index contributed by atoms with van der Waals surface area (Å²) in [5.74, 6) is -3.62. The minimum absolute atomic E-state index is 0. The SMILES string of the molecule is Nc1nc2[nH]cc(CCc3ccc(C(=O)NC(CCC(=O)[O-])C(=O)[O-])cc3)c2c(=O)[nH]1.O.[Na+].[Na+]. The summed E-state index contributed by atoms with van der Waals surface area (Å²) in [5, 5.41) is 24.3. The van der Waals surface area contributed by atoms with Crippen LogP contribution in [0.15, 0.2) is 35.3 Å². The van der Waals surface area contributed by atoms with Gasteiger partial charge in [-0.1, -0.05) is 12.1 Å². The maximum absolute atomic E-state index is 12.2. The Morgan fingerprint density at radius 2 is 1.74 bits per heavy atom. The fourth-order valence-corrected chi connectivity index (χ4v) is 3.17. The molecule has 7 N–H and O–H groups in total. The number of hydrogen-bond donors (Lipinski definition) is 4. The predicted octanol–water partition coefficient (Wildman–Crippen LogP) is -8.82. The summed E-state index contributed by atoms with van der Waals surface area (Å²) in [6, 6.07) is 5.03. The number of benzene rings is 1. The van der Waals surface area contributed by atoms with E-state index in [4.69, 9.17) is 5.73 Å². The van der Waals surface area contributed by atoms with Crippen molar-refractivity contribution in [1.82, 2.24) is 20.3 Å². The van der Waals surface area contributed by atoms with E-state index in [2.05, 4.69) is 20.3 Å². The molecule has 0 radical (unpaired) electrons. The standard InChI is InChI=1S/C20H21N5O6.2Na.H2O/c21-20-24-16-15(18(29)25-20)12(9-22-16)6-3-10-1-4-11(5-2-10)17(28)23-13(19(30)31)7-8-14(26)27;;;/h1-2,4-5,9,13H,3,6-8H2,(H,23,28)(H,26,27)(H,30,31)(H4,21,22,24,25,29);;;1H2/q;2*+1;/p-2. The quantitative estimate of drug-likeness (QED) is 0.210. The molecule has 1 aromatic carbocycles. The van der Waals surface area contributed by atoms with Gasteiger partial charge in [-0.25, -0.2) is 0 Å². The monoisotopic (exact) mass is 489 g/mol. The van der Waals surface area contributed by atoms with E-state index in [0.29, 0.717) is 23.9 Å². The molecular formula is C20H21N5Na2O7. The number of aliphatic carboxylic acids is 2. The molecule has 1 amide bonds. The van der Waals surface area contributed by atoms with Crippen molar-refractivity contribution in [3.05, 3.63) is 57.5 Å². The number of carbonyl (C=O) groups is 3. The number of fused-ring (bicyclic) bond motifs is 1. The molecule has 0 bridgehead atoms. The van der Waals surface area contributed by atoms with E-state index in [-0.39, 0.29) is 88.1 Å². The van der Waals surface area contributed by atoms with Crippen LogP contribution in [0.3, 0.4) is 0 Å². The van der Waals surface area contributed by atoms with Crippen molar-refractivity contribution in [2.24, 2.45) is 0 Å². The Bertz CT molecular complexity index is 1190. The van der Waals surface area contributed by atoms with E-state index in [1.54, 1.807) is 18.3 Å². The van der Waals surface area contributed by atoms with E-state index in [9.17, 15) is 29.4 Å². The van der Waals surface area contributed by atoms with Crippen molar-refractivity contribution in [1.29, 1.82) is 0 Å². The summed E-state index contributed by atoms with van der Waals surface area (Å²) in [6.45, 7) is 0. The number of nitrogens with zero attached hydrogens (tertiary/aromatic N) is 1. The zero-order valence-electron chi connectivity index (χ0n) is 18.8. The summed E-state index contributed by atoms with van der Waals surface area (Å²) in [6.07, 6.45) is 1.96. The zero-order valence-corrected chi connectivity index (χ0v) is 22.8. The first-order valence-electron chi connectivity index (χ1n) is 9.41. The Morgan fingerprint density at radius 1 is 1.09 bits per heavy atom. The second-order valence-electron chi connectivity index (χ2n) is 6.94. The predicted molar refractivity (Wildman–Crippen MR) is 109 cm³/mol. The third-order valence-corrected chi connectivity index (χ3v) is 4.77. The number of anilines is 1. The summed E-state index contributed by atoms with van der Waals surface area (Å²) in [4.78, 5) is 55.4. The minimum atomic E-state index is -1.57. The first-order valence-corrected chi connectivity index (χ1v) is 9.41. The number of hydrogen-bond acceptors (Lipinski definition) is 8. The number of carboxylic acid groups (broad SMARTS) is 2. The maximum atomic E-state index is 12.2. The number of nitrogens with two attached hydrogens (primary N) is 1. The van der Waals surface area contributed by atoms with E-state index in [1.165, 1.54) is 12.1 Å². The Kier molecular flexibility index (Phi) is 13.3. The van der Waals surface area contributed by atoms with Crippen LogP contribution in [0.25, 0.3) is 11.0 Å². The zero-order chi connectivity index (χ0) is 22.5. The fourth-order valence-electron chi connectivity index (χ4n) is 3.17. The molecule has 34 heavy (non-hydrogen) atoms. The second kappa shape index (κ2) is 14.3. The van der Waals surface area contributed by atoms with Gasteiger partial charge in [0.05, 0.1) is 17.4 Å². The number of aromatic nitrogens is 3. The third kappa shape index (κ3) is 8.24. The molecule has 0 aliphatic heterocycles. The normalized spacial score (nSPS) is 10.8. The molecule has 0 aliphatic carbocycles. The number of carboxylic acids is 2. The van der Waals surface area contributed by atoms with Gasteiger partial charge in [-0.3, -0.25) is 14.6 Å². The van der Waals surface area contributed by atoms with E-state index >= 15 is 0 Å². The number of aryl methyl sites for hydroxylation is 2. The van der Waals surface area contributed by atoms with Crippen molar-refractivity contribution in [3.8, 4) is 0 Å². The summed E-state index contributed by atoms with van der Waals surface area (Å²) < 4.78 is 0. The Morgan fingerprint density at radius 3 is 2.32 bits per heavy atom. The smallest absolute Gasteiger partial charge is 0.550 e.